The van der Waals surface area contributed by atoms with Crippen LogP contribution in [0, 0.1) is 11.8 Å². The van der Waals surface area contributed by atoms with E-state index >= 15 is 0 Å². The predicted octanol–water partition coefficient (Wildman–Crippen LogP) is 2.19. The summed E-state index contributed by atoms with van der Waals surface area (Å²) in [7, 11) is 0. The van der Waals surface area contributed by atoms with Gasteiger partial charge in [-0.15, -0.1) is 0 Å². The van der Waals surface area contributed by atoms with Gasteiger partial charge in [0.15, 0.2) is 0 Å². The SMILES string of the molecule is NCC(CN1CCCCC1)C1CCSCC1. The van der Waals surface area contributed by atoms with E-state index < -0.39 is 0 Å². The van der Waals surface area contributed by atoms with Crippen molar-refractivity contribution in [1.82, 2.24) is 4.90 Å². The van der Waals surface area contributed by atoms with Crippen molar-refractivity contribution in [2.75, 3.05) is 37.7 Å². The van der Waals surface area contributed by atoms with Crippen LogP contribution in [0.1, 0.15) is 32.1 Å². The lowest BCUT2D eigenvalue weighted by Gasteiger charge is -2.35. The van der Waals surface area contributed by atoms with Gasteiger partial charge in [-0.1, -0.05) is 6.42 Å². The molecule has 2 fully saturated rings. The van der Waals surface area contributed by atoms with E-state index in [0.29, 0.717) is 0 Å². The van der Waals surface area contributed by atoms with Crippen molar-refractivity contribution in [3.05, 3.63) is 0 Å². The summed E-state index contributed by atoms with van der Waals surface area (Å²) in [5.74, 6) is 4.40. The monoisotopic (exact) mass is 242 g/mol. The first-order valence-electron chi connectivity index (χ1n) is 6.90. The third kappa shape index (κ3) is 3.64. The largest absolute Gasteiger partial charge is 0.330 e. The van der Waals surface area contributed by atoms with Gasteiger partial charge in [0.05, 0.1) is 0 Å². The summed E-state index contributed by atoms with van der Waals surface area (Å²) >= 11 is 2.12. The average molecular weight is 242 g/mol. The van der Waals surface area contributed by atoms with Crippen molar-refractivity contribution in [1.29, 1.82) is 0 Å². The van der Waals surface area contributed by atoms with Crippen molar-refractivity contribution < 1.29 is 0 Å². The Hall–Kier alpha value is 0.270. The molecule has 0 aliphatic carbocycles. The van der Waals surface area contributed by atoms with Gasteiger partial charge in [-0.25, -0.2) is 0 Å². The van der Waals surface area contributed by atoms with Crippen molar-refractivity contribution in [3.8, 4) is 0 Å². The molecule has 0 bridgehead atoms. The van der Waals surface area contributed by atoms with Crippen LogP contribution in [0.3, 0.4) is 0 Å². The molecule has 94 valence electrons. The summed E-state index contributed by atoms with van der Waals surface area (Å²) in [4.78, 5) is 2.66. The smallest absolute Gasteiger partial charge is 0.00244 e. The van der Waals surface area contributed by atoms with Gasteiger partial charge in [0.25, 0.3) is 0 Å². The number of hydrogen-bond acceptors (Lipinski definition) is 3. The zero-order valence-electron chi connectivity index (χ0n) is 10.4. The second-order valence-corrected chi connectivity index (χ2v) is 6.53. The van der Waals surface area contributed by atoms with Crippen LogP contribution in [0.15, 0.2) is 0 Å². The zero-order chi connectivity index (χ0) is 11.2. The molecule has 0 saturated carbocycles. The highest BCUT2D eigenvalue weighted by Crippen LogP contribution is 2.29. The number of nitrogens with two attached hydrogens (primary N) is 1. The van der Waals surface area contributed by atoms with E-state index in [-0.39, 0.29) is 0 Å². The molecule has 0 amide bonds. The zero-order valence-corrected chi connectivity index (χ0v) is 11.2. The molecule has 2 rings (SSSR count). The first-order valence-corrected chi connectivity index (χ1v) is 8.06. The molecule has 0 aromatic carbocycles. The highest BCUT2D eigenvalue weighted by molar-refractivity contribution is 7.99. The standard InChI is InChI=1S/C13H26N2S/c14-10-13(12-4-8-16-9-5-12)11-15-6-2-1-3-7-15/h12-13H,1-11,14H2. The maximum Gasteiger partial charge on any atom is 0.00244 e. The predicted molar refractivity (Wildman–Crippen MR) is 72.9 cm³/mol. The molecule has 1 unspecified atom stereocenters. The number of thioether (sulfide) groups is 1. The minimum absolute atomic E-state index is 0.763. The Kier molecular flexibility index (Phi) is 5.46. The summed E-state index contributed by atoms with van der Waals surface area (Å²) in [6.45, 7) is 4.80. The van der Waals surface area contributed by atoms with Crippen molar-refractivity contribution in [2.24, 2.45) is 17.6 Å². The van der Waals surface area contributed by atoms with Crippen LogP contribution in [0.5, 0.6) is 0 Å². The van der Waals surface area contributed by atoms with E-state index in [0.717, 1.165) is 18.4 Å². The quantitative estimate of drug-likeness (QED) is 0.819. The molecule has 0 spiro atoms. The first-order chi connectivity index (χ1) is 7.90. The fraction of sp³-hybridized carbons (Fsp3) is 1.00. The van der Waals surface area contributed by atoms with Crippen molar-refractivity contribution >= 4 is 11.8 Å². The molecular weight excluding hydrogens is 216 g/mol. The Morgan fingerprint density at radius 3 is 2.44 bits per heavy atom. The summed E-state index contributed by atoms with van der Waals surface area (Å²) in [5, 5.41) is 0. The topological polar surface area (TPSA) is 29.3 Å². The molecule has 3 heteroatoms. The van der Waals surface area contributed by atoms with Gasteiger partial charge in [-0.2, -0.15) is 11.8 Å². The van der Waals surface area contributed by atoms with E-state index in [2.05, 4.69) is 16.7 Å². The Bertz CT molecular complexity index is 186. The fourth-order valence-corrected chi connectivity index (χ4v) is 4.22. The Labute approximate surface area is 104 Å². The lowest BCUT2D eigenvalue weighted by atomic mass is 9.86. The van der Waals surface area contributed by atoms with Crippen LogP contribution in [-0.4, -0.2) is 42.6 Å². The number of piperidine rings is 1. The molecule has 2 aliphatic heterocycles. The molecule has 2 N–H and O–H groups in total. The van der Waals surface area contributed by atoms with Crippen LogP contribution in [0.2, 0.25) is 0 Å². The summed E-state index contributed by atoms with van der Waals surface area (Å²) in [5.41, 5.74) is 5.99. The Balaban J connectivity index is 1.78. The summed E-state index contributed by atoms with van der Waals surface area (Å²) in [6.07, 6.45) is 7.04. The normalized spacial score (nSPS) is 26.8. The van der Waals surface area contributed by atoms with E-state index in [1.165, 1.54) is 63.2 Å². The molecule has 1 atom stereocenters. The molecule has 0 aromatic rings. The van der Waals surface area contributed by atoms with Crippen molar-refractivity contribution in [3.63, 3.8) is 0 Å². The van der Waals surface area contributed by atoms with Crippen LogP contribution < -0.4 is 5.73 Å². The van der Waals surface area contributed by atoms with E-state index in [9.17, 15) is 0 Å². The maximum atomic E-state index is 5.99. The molecule has 0 aromatic heterocycles. The number of likely N-dealkylation sites (tertiary alicyclic amines) is 1. The molecule has 0 radical (unpaired) electrons. The van der Waals surface area contributed by atoms with Gasteiger partial charge in [-0.05, 0) is 68.7 Å². The van der Waals surface area contributed by atoms with Gasteiger partial charge in [-0.3, -0.25) is 0 Å². The minimum Gasteiger partial charge on any atom is -0.330 e. The summed E-state index contributed by atoms with van der Waals surface area (Å²) in [6, 6.07) is 0. The van der Waals surface area contributed by atoms with Gasteiger partial charge in [0.2, 0.25) is 0 Å². The van der Waals surface area contributed by atoms with Crippen LogP contribution in [-0.2, 0) is 0 Å². The lowest BCUT2D eigenvalue weighted by molar-refractivity contribution is 0.163. The van der Waals surface area contributed by atoms with Gasteiger partial charge in [0, 0.05) is 6.54 Å². The van der Waals surface area contributed by atoms with Gasteiger partial charge >= 0.3 is 0 Å². The van der Waals surface area contributed by atoms with Gasteiger partial charge in [0.1, 0.15) is 0 Å². The maximum absolute atomic E-state index is 5.99. The summed E-state index contributed by atoms with van der Waals surface area (Å²) < 4.78 is 0. The van der Waals surface area contributed by atoms with E-state index in [4.69, 9.17) is 5.73 Å². The molecule has 2 aliphatic rings. The highest BCUT2D eigenvalue weighted by atomic mass is 32.2. The van der Waals surface area contributed by atoms with Crippen LogP contribution in [0.4, 0.5) is 0 Å². The molecular formula is C13H26N2S. The van der Waals surface area contributed by atoms with Gasteiger partial charge < -0.3 is 10.6 Å². The number of hydrogen-bond donors (Lipinski definition) is 1. The lowest BCUT2D eigenvalue weighted by Crippen LogP contribution is -2.40. The number of rotatable bonds is 4. The minimum atomic E-state index is 0.763. The van der Waals surface area contributed by atoms with E-state index in [1.807, 2.05) is 0 Å². The third-order valence-electron chi connectivity index (χ3n) is 4.18. The molecule has 16 heavy (non-hydrogen) atoms. The Morgan fingerprint density at radius 1 is 1.12 bits per heavy atom. The van der Waals surface area contributed by atoms with E-state index in [1.54, 1.807) is 0 Å². The Morgan fingerprint density at radius 2 is 1.81 bits per heavy atom. The molecule has 2 heterocycles. The van der Waals surface area contributed by atoms with Crippen LogP contribution >= 0.6 is 11.8 Å². The molecule has 2 saturated heterocycles. The third-order valence-corrected chi connectivity index (χ3v) is 5.23. The first kappa shape index (κ1) is 12.7. The molecule has 2 nitrogen and oxygen atoms in total. The fourth-order valence-electron chi connectivity index (χ4n) is 3.08. The second kappa shape index (κ2) is 6.87. The van der Waals surface area contributed by atoms with Crippen LogP contribution in [0.25, 0.3) is 0 Å². The average Bonchev–Trinajstić information content (AvgIpc) is 2.38. The highest BCUT2D eigenvalue weighted by Gasteiger charge is 2.25. The number of nitrogens with zero attached hydrogens (tertiary/aromatic N) is 1. The second-order valence-electron chi connectivity index (χ2n) is 5.31. The van der Waals surface area contributed by atoms with Crippen molar-refractivity contribution in [2.45, 2.75) is 32.1 Å².